The van der Waals surface area contributed by atoms with Gasteiger partial charge in [0, 0.05) is 36.9 Å². The topological polar surface area (TPSA) is 78.5 Å². The average Bonchev–Trinajstić information content (AvgIpc) is 3.09. The van der Waals surface area contributed by atoms with Crippen molar-refractivity contribution in [2.45, 2.75) is 17.2 Å². The van der Waals surface area contributed by atoms with E-state index in [9.17, 15) is 13.2 Å². The molecule has 6 nitrogen and oxygen atoms in total. The Kier molecular flexibility index (Phi) is 4.88. The summed E-state index contributed by atoms with van der Waals surface area (Å²) in [5.74, 6) is -0.0829. The molecule has 8 heteroatoms. The first kappa shape index (κ1) is 16.9. The van der Waals surface area contributed by atoms with E-state index in [0.29, 0.717) is 24.3 Å². The van der Waals surface area contributed by atoms with E-state index in [1.165, 1.54) is 0 Å². The number of hydrogen-bond donors (Lipinski definition) is 2. The molecule has 1 aromatic heterocycles. The molecule has 0 aliphatic carbocycles. The molecule has 1 atom stereocenters. The molecule has 1 unspecified atom stereocenters. The molecule has 1 fully saturated rings. The number of sulfonamides is 1. The van der Waals surface area contributed by atoms with Gasteiger partial charge in [-0.25, -0.2) is 8.42 Å². The molecule has 128 valence electrons. The molecule has 1 amide bonds. The fourth-order valence-electron chi connectivity index (χ4n) is 2.64. The Labute approximate surface area is 145 Å². The maximum Gasteiger partial charge on any atom is 0.271 e. The smallest absolute Gasteiger partial charge is 0.271 e. The van der Waals surface area contributed by atoms with Crippen LogP contribution in [0.4, 0.5) is 5.69 Å². The first-order valence-electron chi connectivity index (χ1n) is 7.65. The third kappa shape index (κ3) is 3.77. The van der Waals surface area contributed by atoms with E-state index < -0.39 is 10.0 Å². The molecule has 3 rings (SSSR count). The van der Waals surface area contributed by atoms with E-state index in [-0.39, 0.29) is 16.2 Å². The van der Waals surface area contributed by atoms with Crippen molar-refractivity contribution in [3.05, 3.63) is 47.3 Å². The Morgan fingerprint density at radius 1 is 1.33 bits per heavy atom. The number of amides is 1. The summed E-state index contributed by atoms with van der Waals surface area (Å²) in [7, 11) is -3.61. The van der Waals surface area contributed by atoms with Gasteiger partial charge in [0.15, 0.2) is 0 Å². The summed E-state index contributed by atoms with van der Waals surface area (Å²) in [5, 5.41) is 5.00. The summed E-state index contributed by atoms with van der Waals surface area (Å²) in [6, 6.07) is 10.1. The van der Waals surface area contributed by atoms with Crippen LogP contribution in [0.3, 0.4) is 0 Å². The summed E-state index contributed by atoms with van der Waals surface area (Å²) in [6.07, 6.45) is 0. The highest BCUT2D eigenvalue weighted by molar-refractivity contribution is 7.94. The number of nitrogens with one attached hydrogen (secondary N) is 2. The van der Waals surface area contributed by atoms with Gasteiger partial charge >= 0.3 is 0 Å². The molecular weight excluding hydrogens is 346 g/mol. The number of thiophene rings is 1. The summed E-state index contributed by atoms with van der Waals surface area (Å²) in [6.45, 7) is 4.08. The molecule has 1 aliphatic heterocycles. The van der Waals surface area contributed by atoms with Crippen LogP contribution in [0.2, 0.25) is 0 Å². The highest BCUT2D eigenvalue weighted by Gasteiger charge is 2.22. The lowest BCUT2D eigenvalue weighted by Gasteiger charge is -2.32. The third-order valence-corrected chi connectivity index (χ3v) is 6.56. The fraction of sp³-hybridized carbons (Fsp3) is 0.312. The average molecular weight is 365 g/mol. The third-order valence-electron chi connectivity index (χ3n) is 3.78. The van der Waals surface area contributed by atoms with Crippen molar-refractivity contribution in [3.63, 3.8) is 0 Å². The lowest BCUT2D eigenvalue weighted by Crippen LogP contribution is -2.51. The summed E-state index contributed by atoms with van der Waals surface area (Å²) in [4.78, 5) is 14.4. The number of carbonyl (C=O) groups is 1. The second-order valence-electron chi connectivity index (χ2n) is 5.72. The van der Waals surface area contributed by atoms with Gasteiger partial charge in [0.05, 0.1) is 0 Å². The lowest BCUT2D eigenvalue weighted by atomic mass is 10.1. The van der Waals surface area contributed by atoms with Gasteiger partial charge in [-0.3, -0.25) is 9.52 Å². The van der Waals surface area contributed by atoms with Crippen molar-refractivity contribution in [3.8, 4) is 0 Å². The zero-order valence-electron chi connectivity index (χ0n) is 13.2. The molecule has 2 heterocycles. The number of hydrogen-bond acceptors (Lipinski definition) is 5. The fourth-order valence-corrected chi connectivity index (χ4v) is 4.68. The van der Waals surface area contributed by atoms with Crippen molar-refractivity contribution < 1.29 is 13.2 Å². The van der Waals surface area contributed by atoms with Gasteiger partial charge in [0.1, 0.15) is 4.21 Å². The van der Waals surface area contributed by atoms with Crippen LogP contribution < -0.4 is 10.0 Å². The minimum atomic E-state index is -3.61. The maximum atomic E-state index is 12.6. The van der Waals surface area contributed by atoms with Crippen molar-refractivity contribution in [1.29, 1.82) is 0 Å². The predicted molar refractivity (Wildman–Crippen MR) is 94.9 cm³/mol. The van der Waals surface area contributed by atoms with Crippen LogP contribution >= 0.6 is 11.3 Å². The molecule has 0 radical (unpaired) electrons. The van der Waals surface area contributed by atoms with Crippen LogP contribution in [0.5, 0.6) is 0 Å². The first-order chi connectivity index (χ1) is 11.5. The van der Waals surface area contributed by atoms with Crippen molar-refractivity contribution in [2.75, 3.05) is 24.4 Å². The maximum absolute atomic E-state index is 12.6. The Balaban J connectivity index is 1.78. The molecule has 2 aromatic rings. The molecule has 24 heavy (non-hydrogen) atoms. The van der Waals surface area contributed by atoms with Crippen molar-refractivity contribution in [1.82, 2.24) is 10.2 Å². The van der Waals surface area contributed by atoms with Gasteiger partial charge in [-0.2, -0.15) is 0 Å². The van der Waals surface area contributed by atoms with Crippen LogP contribution in [0.25, 0.3) is 0 Å². The quantitative estimate of drug-likeness (QED) is 0.868. The minimum absolute atomic E-state index is 0.0829. The van der Waals surface area contributed by atoms with Crippen LogP contribution in [0.1, 0.15) is 17.3 Å². The number of rotatable bonds is 4. The van der Waals surface area contributed by atoms with E-state index in [2.05, 4.69) is 10.0 Å². The van der Waals surface area contributed by atoms with Crippen molar-refractivity contribution in [2.24, 2.45) is 0 Å². The molecule has 0 spiro atoms. The molecular formula is C16H19N3O3S2. The van der Waals surface area contributed by atoms with Crippen LogP contribution in [-0.4, -0.2) is 44.9 Å². The van der Waals surface area contributed by atoms with Gasteiger partial charge in [-0.1, -0.05) is 12.1 Å². The van der Waals surface area contributed by atoms with Crippen LogP contribution in [0, 0.1) is 0 Å². The number of benzene rings is 1. The molecule has 1 saturated heterocycles. The minimum Gasteiger partial charge on any atom is -0.336 e. The number of nitrogens with zero attached hydrogens (tertiary/aromatic N) is 1. The standard InChI is InChI=1S/C16H19N3O3S2/c1-12-11-19(8-7-17-12)16(20)13-4-2-5-14(10-13)18-24(21,22)15-6-3-9-23-15/h2-6,9-10,12,17-18H,7-8,11H2,1H3. The number of piperazine rings is 1. The number of carbonyl (C=O) groups excluding carboxylic acids is 1. The van der Waals surface area contributed by atoms with Gasteiger partial charge in [0.25, 0.3) is 15.9 Å². The second kappa shape index (κ2) is 6.92. The van der Waals surface area contributed by atoms with E-state index in [0.717, 1.165) is 17.9 Å². The van der Waals surface area contributed by atoms with Gasteiger partial charge in [-0.15, -0.1) is 11.3 Å². The molecule has 2 N–H and O–H groups in total. The largest absolute Gasteiger partial charge is 0.336 e. The van der Waals surface area contributed by atoms with Crippen LogP contribution in [-0.2, 0) is 10.0 Å². The van der Waals surface area contributed by atoms with E-state index in [1.807, 2.05) is 6.92 Å². The van der Waals surface area contributed by atoms with E-state index >= 15 is 0 Å². The van der Waals surface area contributed by atoms with Crippen LogP contribution in [0.15, 0.2) is 46.0 Å². The van der Waals surface area contributed by atoms with E-state index in [4.69, 9.17) is 0 Å². The van der Waals surface area contributed by atoms with Gasteiger partial charge < -0.3 is 10.2 Å². The highest BCUT2D eigenvalue weighted by Crippen LogP contribution is 2.21. The molecule has 1 aromatic carbocycles. The molecule has 0 bridgehead atoms. The van der Waals surface area contributed by atoms with Crippen molar-refractivity contribution >= 4 is 33.0 Å². The Morgan fingerprint density at radius 3 is 2.88 bits per heavy atom. The Hall–Kier alpha value is -1.90. The van der Waals surface area contributed by atoms with E-state index in [1.54, 1.807) is 46.7 Å². The Bertz CT molecular complexity index is 819. The van der Waals surface area contributed by atoms with Gasteiger partial charge in [0.2, 0.25) is 0 Å². The highest BCUT2D eigenvalue weighted by atomic mass is 32.2. The lowest BCUT2D eigenvalue weighted by molar-refractivity contribution is 0.0709. The summed E-state index contributed by atoms with van der Waals surface area (Å²) < 4.78 is 27.3. The zero-order valence-corrected chi connectivity index (χ0v) is 14.9. The monoisotopic (exact) mass is 365 g/mol. The molecule has 0 saturated carbocycles. The predicted octanol–water partition coefficient (Wildman–Crippen LogP) is 1.98. The second-order valence-corrected chi connectivity index (χ2v) is 8.58. The Morgan fingerprint density at radius 2 is 2.17 bits per heavy atom. The molecule has 1 aliphatic rings. The summed E-state index contributed by atoms with van der Waals surface area (Å²) >= 11 is 1.15. The SMILES string of the molecule is CC1CN(C(=O)c2cccc(NS(=O)(=O)c3cccs3)c2)CCN1. The normalized spacial score (nSPS) is 18.4. The zero-order chi connectivity index (χ0) is 17.2. The number of anilines is 1. The van der Waals surface area contributed by atoms with Gasteiger partial charge in [-0.05, 0) is 36.6 Å². The summed E-state index contributed by atoms with van der Waals surface area (Å²) in [5.41, 5.74) is 0.868. The first-order valence-corrected chi connectivity index (χ1v) is 10.0.